The molecule has 0 saturated carbocycles. The summed E-state index contributed by atoms with van der Waals surface area (Å²) < 4.78 is 15.2. The molecular weight excluding hydrogens is 331 g/mol. The number of halogens is 2. The Balaban J connectivity index is 2.25. The normalized spacial score (nSPS) is 12.4. The van der Waals surface area contributed by atoms with Gasteiger partial charge < -0.3 is 5.32 Å². The molecule has 21 heavy (non-hydrogen) atoms. The predicted molar refractivity (Wildman–Crippen MR) is 87.8 cm³/mol. The molecule has 2 nitrogen and oxygen atoms in total. The van der Waals surface area contributed by atoms with Gasteiger partial charge in [-0.2, -0.15) is 0 Å². The summed E-state index contributed by atoms with van der Waals surface area (Å²) in [6.07, 6.45) is 5.31. The Morgan fingerprint density at radius 1 is 1.29 bits per heavy atom. The number of hydrogen-bond acceptors (Lipinski definition) is 2. The van der Waals surface area contributed by atoms with Crippen LogP contribution in [0.25, 0.3) is 0 Å². The second-order valence-corrected chi connectivity index (χ2v) is 6.16. The summed E-state index contributed by atoms with van der Waals surface area (Å²) in [6.45, 7) is 4.87. The van der Waals surface area contributed by atoms with Crippen LogP contribution in [0.2, 0.25) is 0 Å². The first-order chi connectivity index (χ1) is 10.1. The van der Waals surface area contributed by atoms with E-state index in [0.717, 1.165) is 28.6 Å². The lowest BCUT2D eigenvalue weighted by molar-refractivity contribution is 0.496. The molecule has 1 aromatic heterocycles. The first kappa shape index (κ1) is 16.1. The Kier molecular flexibility index (Phi) is 5.88. The van der Waals surface area contributed by atoms with Gasteiger partial charge in [-0.3, -0.25) is 4.98 Å². The van der Waals surface area contributed by atoms with E-state index in [0.29, 0.717) is 12.0 Å². The van der Waals surface area contributed by atoms with Gasteiger partial charge in [0.05, 0.1) is 0 Å². The molecule has 1 unspecified atom stereocenters. The molecule has 1 atom stereocenters. The number of benzene rings is 1. The molecule has 1 heterocycles. The molecule has 1 N–H and O–H groups in total. The Morgan fingerprint density at radius 2 is 2.10 bits per heavy atom. The highest BCUT2D eigenvalue weighted by atomic mass is 79.9. The summed E-state index contributed by atoms with van der Waals surface area (Å²) in [4.78, 5) is 4.18. The molecule has 0 saturated heterocycles. The van der Waals surface area contributed by atoms with E-state index >= 15 is 0 Å². The molecular formula is C17H20BrFN2. The number of hydrogen-bond donors (Lipinski definition) is 1. The first-order valence-corrected chi connectivity index (χ1v) is 7.98. The van der Waals surface area contributed by atoms with Gasteiger partial charge in [0.25, 0.3) is 0 Å². The molecule has 0 aliphatic carbocycles. The lowest BCUT2D eigenvalue weighted by atomic mass is 9.98. The summed E-state index contributed by atoms with van der Waals surface area (Å²) in [5.41, 5.74) is 2.74. The maximum absolute atomic E-state index is 14.2. The largest absolute Gasteiger partial charge is 0.310 e. The van der Waals surface area contributed by atoms with E-state index in [1.807, 2.05) is 31.3 Å². The molecule has 2 aromatic rings. The fourth-order valence-corrected chi connectivity index (χ4v) is 2.74. The first-order valence-electron chi connectivity index (χ1n) is 7.19. The SMILES string of the molecule is CCCNC(Cc1cncc(Br)c1)c1ccc(C)cc1F. The molecule has 0 amide bonds. The van der Waals surface area contributed by atoms with Gasteiger partial charge in [-0.1, -0.05) is 19.1 Å². The van der Waals surface area contributed by atoms with Gasteiger partial charge in [-0.05, 0) is 65.5 Å². The zero-order chi connectivity index (χ0) is 15.2. The summed E-state index contributed by atoms with van der Waals surface area (Å²) >= 11 is 3.43. The quantitative estimate of drug-likeness (QED) is 0.824. The highest BCUT2D eigenvalue weighted by Gasteiger charge is 2.16. The van der Waals surface area contributed by atoms with Crippen molar-refractivity contribution in [2.75, 3.05) is 6.54 Å². The Bertz CT molecular complexity index is 601. The minimum Gasteiger partial charge on any atom is -0.310 e. The molecule has 2 rings (SSSR count). The smallest absolute Gasteiger partial charge is 0.128 e. The molecule has 4 heteroatoms. The van der Waals surface area contributed by atoms with Gasteiger partial charge in [0.15, 0.2) is 0 Å². The van der Waals surface area contributed by atoms with Gasteiger partial charge in [-0.15, -0.1) is 0 Å². The van der Waals surface area contributed by atoms with Crippen LogP contribution in [0, 0.1) is 12.7 Å². The molecule has 0 aliphatic heterocycles. The molecule has 0 fully saturated rings. The third-order valence-electron chi connectivity index (χ3n) is 3.37. The van der Waals surface area contributed by atoms with Crippen molar-refractivity contribution >= 4 is 15.9 Å². The fraction of sp³-hybridized carbons (Fsp3) is 0.353. The van der Waals surface area contributed by atoms with Gasteiger partial charge in [-0.25, -0.2) is 4.39 Å². The van der Waals surface area contributed by atoms with Crippen LogP contribution in [-0.4, -0.2) is 11.5 Å². The maximum atomic E-state index is 14.2. The summed E-state index contributed by atoms with van der Waals surface area (Å²) in [5.74, 6) is -0.147. The van der Waals surface area contributed by atoms with Crippen molar-refractivity contribution in [1.29, 1.82) is 0 Å². The highest BCUT2D eigenvalue weighted by Crippen LogP contribution is 2.23. The summed E-state index contributed by atoms with van der Waals surface area (Å²) in [6, 6.07) is 7.41. The van der Waals surface area contributed by atoms with Gasteiger partial charge in [0.2, 0.25) is 0 Å². The molecule has 0 radical (unpaired) electrons. The molecule has 0 spiro atoms. The van der Waals surface area contributed by atoms with Crippen molar-refractivity contribution in [3.8, 4) is 0 Å². The van der Waals surface area contributed by atoms with E-state index in [1.165, 1.54) is 0 Å². The zero-order valence-corrected chi connectivity index (χ0v) is 14.0. The minimum absolute atomic E-state index is 0.0401. The van der Waals surface area contributed by atoms with Gasteiger partial charge >= 0.3 is 0 Å². The standard InChI is InChI=1S/C17H20BrFN2/c1-3-6-21-17(9-13-8-14(18)11-20-10-13)15-5-4-12(2)7-16(15)19/h4-5,7-8,10-11,17,21H,3,6,9H2,1-2H3. The van der Waals surface area contributed by atoms with Crippen LogP contribution in [0.3, 0.4) is 0 Å². The van der Waals surface area contributed by atoms with Crippen molar-refractivity contribution in [3.63, 3.8) is 0 Å². The lowest BCUT2D eigenvalue weighted by Gasteiger charge is -2.20. The lowest BCUT2D eigenvalue weighted by Crippen LogP contribution is -2.25. The maximum Gasteiger partial charge on any atom is 0.128 e. The van der Waals surface area contributed by atoms with Crippen LogP contribution in [0.5, 0.6) is 0 Å². The predicted octanol–water partition coefficient (Wildman–Crippen LogP) is 4.58. The molecule has 112 valence electrons. The van der Waals surface area contributed by atoms with Crippen LogP contribution in [-0.2, 0) is 6.42 Å². The van der Waals surface area contributed by atoms with E-state index in [1.54, 1.807) is 12.3 Å². The highest BCUT2D eigenvalue weighted by molar-refractivity contribution is 9.10. The Hall–Kier alpha value is -1.26. The topological polar surface area (TPSA) is 24.9 Å². The van der Waals surface area contributed by atoms with Crippen LogP contribution in [0.4, 0.5) is 4.39 Å². The van der Waals surface area contributed by atoms with Crippen molar-refractivity contribution < 1.29 is 4.39 Å². The zero-order valence-electron chi connectivity index (χ0n) is 12.4. The Labute approximate surface area is 133 Å². The van der Waals surface area contributed by atoms with Crippen LogP contribution < -0.4 is 5.32 Å². The van der Waals surface area contributed by atoms with E-state index < -0.39 is 0 Å². The molecule has 0 aliphatic rings. The fourth-order valence-electron chi connectivity index (χ4n) is 2.33. The van der Waals surface area contributed by atoms with Crippen molar-refractivity contribution in [1.82, 2.24) is 10.3 Å². The molecule has 0 bridgehead atoms. The number of pyridine rings is 1. The second kappa shape index (κ2) is 7.66. The number of nitrogens with zero attached hydrogens (tertiary/aromatic N) is 1. The summed E-state index contributed by atoms with van der Waals surface area (Å²) in [7, 11) is 0. The average Bonchev–Trinajstić information content (AvgIpc) is 2.44. The third-order valence-corrected chi connectivity index (χ3v) is 3.81. The van der Waals surface area contributed by atoms with E-state index in [9.17, 15) is 4.39 Å². The van der Waals surface area contributed by atoms with Gasteiger partial charge in [0.1, 0.15) is 5.82 Å². The number of rotatable bonds is 6. The second-order valence-electron chi connectivity index (χ2n) is 5.25. The third kappa shape index (κ3) is 4.61. The minimum atomic E-state index is -0.147. The van der Waals surface area contributed by atoms with Crippen LogP contribution in [0.15, 0.2) is 41.1 Å². The van der Waals surface area contributed by atoms with Crippen molar-refractivity contribution in [2.45, 2.75) is 32.7 Å². The number of nitrogens with one attached hydrogen (secondary N) is 1. The van der Waals surface area contributed by atoms with E-state index in [2.05, 4.69) is 33.2 Å². The molecule has 1 aromatic carbocycles. The van der Waals surface area contributed by atoms with Gasteiger partial charge in [0, 0.05) is 28.5 Å². The van der Waals surface area contributed by atoms with E-state index in [-0.39, 0.29) is 11.9 Å². The summed E-state index contributed by atoms with van der Waals surface area (Å²) in [5, 5.41) is 3.43. The van der Waals surface area contributed by atoms with Crippen molar-refractivity contribution in [3.05, 3.63) is 63.6 Å². The Morgan fingerprint density at radius 3 is 2.76 bits per heavy atom. The van der Waals surface area contributed by atoms with E-state index in [4.69, 9.17) is 0 Å². The number of aryl methyl sites for hydroxylation is 1. The van der Waals surface area contributed by atoms with Crippen LogP contribution in [0.1, 0.15) is 36.1 Å². The number of aromatic nitrogens is 1. The monoisotopic (exact) mass is 350 g/mol. The van der Waals surface area contributed by atoms with Crippen molar-refractivity contribution in [2.24, 2.45) is 0 Å². The average molecular weight is 351 g/mol. The van der Waals surface area contributed by atoms with Crippen LogP contribution >= 0.6 is 15.9 Å².